The molecule has 1 aromatic heterocycles. The summed E-state index contributed by atoms with van der Waals surface area (Å²) in [5.41, 5.74) is 3.21. The molecule has 0 aliphatic heterocycles. The molecule has 1 saturated carbocycles. The number of aliphatic imine (C=N–C) groups is 1. The summed E-state index contributed by atoms with van der Waals surface area (Å²) in [4.78, 5) is 18.2. The van der Waals surface area contributed by atoms with Gasteiger partial charge in [0.05, 0.1) is 30.1 Å². The van der Waals surface area contributed by atoms with E-state index in [4.69, 9.17) is 9.73 Å². The molecule has 1 heterocycles. The molecule has 29 heavy (non-hydrogen) atoms. The summed E-state index contributed by atoms with van der Waals surface area (Å²) in [6, 6.07) is 13.6. The average Bonchev–Trinajstić information content (AvgIpc) is 3.36. The zero-order valence-electron chi connectivity index (χ0n) is 16.6. The summed E-state index contributed by atoms with van der Waals surface area (Å²) >= 11 is 0. The largest absolute Gasteiger partial charge is 0.497 e. The van der Waals surface area contributed by atoms with E-state index in [9.17, 15) is 9.18 Å². The van der Waals surface area contributed by atoms with Crippen LogP contribution in [0.3, 0.4) is 0 Å². The Kier molecular flexibility index (Phi) is 5.34. The van der Waals surface area contributed by atoms with Crippen LogP contribution in [0.1, 0.15) is 38.2 Å². The van der Waals surface area contributed by atoms with Crippen molar-refractivity contribution in [1.29, 1.82) is 0 Å². The van der Waals surface area contributed by atoms with Gasteiger partial charge in [0.15, 0.2) is 0 Å². The Morgan fingerprint density at radius 2 is 1.76 bits per heavy atom. The molecular formula is C23H24FN3O2. The van der Waals surface area contributed by atoms with Gasteiger partial charge in [-0.1, -0.05) is 12.8 Å². The van der Waals surface area contributed by atoms with Crippen molar-refractivity contribution in [1.82, 2.24) is 9.78 Å². The van der Waals surface area contributed by atoms with Gasteiger partial charge in [-0.25, -0.2) is 9.07 Å². The van der Waals surface area contributed by atoms with E-state index in [1.54, 1.807) is 19.2 Å². The number of aromatic nitrogens is 2. The van der Waals surface area contributed by atoms with Crippen LogP contribution in [-0.2, 0) is 0 Å². The number of ether oxygens (including phenoxy) is 1. The Morgan fingerprint density at radius 3 is 2.38 bits per heavy atom. The number of nitrogens with one attached hydrogen (secondary N) is 1. The lowest BCUT2D eigenvalue weighted by molar-refractivity contribution is 0.415. The maximum absolute atomic E-state index is 13.4. The number of nitrogens with zero attached hydrogens (tertiary/aromatic N) is 2. The van der Waals surface area contributed by atoms with Crippen molar-refractivity contribution in [2.24, 2.45) is 4.99 Å². The number of rotatable bonds is 5. The minimum absolute atomic E-state index is 0.193. The molecule has 6 heteroatoms. The zero-order valence-corrected chi connectivity index (χ0v) is 16.6. The molecular weight excluding hydrogens is 369 g/mol. The van der Waals surface area contributed by atoms with Crippen LogP contribution in [0, 0.1) is 5.82 Å². The summed E-state index contributed by atoms with van der Waals surface area (Å²) < 4.78 is 20.0. The molecule has 0 saturated heterocycles. The van der Waals surface area contributed by atoms with Gasteiger partial charge < -0.3 is 4.74 Å². The van der Waals surface area contributed by atoms with Crippen molar-refractivity contribution < 1.29 is 9.13 Å². The normalized spacial score (nSPS) is 15.1. The van der Waals surface area contributed by atoms with Gasteiger partial charge in [0.25, 0.3) is 5.56 Å². The van der Waals surface area contributed by atoms with Crippen LogP contribution in [0.25, 0.3) is 16.9 Å². The van der Waals surface area contributed by atoms with Crippen LogP contribution in [0.15, 0.2) is 58.3 Å². The first-order valence-corrected chi connectivity index (χ1v) is 9.87. The minimum atomic E-state index is -0.345. The quantitative estimate of drug-likeness (QED) is 0.637. The lowest BCUT2D eigenvalue weighted by Crippen LogP contribution is -2.20. The van der Waals surface area contributed by atoms with Crippen molar-refractivity contribution in [2.75, 3.05) is 7.11 Å². The molecule has 4 rings (SSSR count). The Balaban J connectivity index is 1.86. The first-order valence-electron chi connectivity index (χ1n) is 9.87. The molecule has 0 radical (unpaired) electrons. The highest BCUT2D eigenvalue weighted by atomic mass is 19.1. The first kappa shape index (κ1) is 19.2. The molecule has 0 spiro atoms. The van der Waals surface area contributed by atoms with Gasteiger partial charge in [0.2, 0.25) is 0 Å². The van der Waals surface area contributed by atoms with Crippen molar-refractivity contribution in [3.8, 4) is 22.7 Å². The fraction of sp³-hybridized carbons (Fsp3) is 0.304. The van der Waals surface area contributed by atoms with Crippen LogP contribution in [0.2, 0.25) is 0 Å². The van der Waals surface area contributed by atoms with E-state index in [0.29, 0.717) is 16.9 Å². The van der Waals surface area contributed by atoms with Crippen molar-refractivity contribution in [2.45, 2.75) is 38.6 Å². The van der Waals surface area contributed by atoms with Gasteiger partial charge >= 0.3 is 0 Å². The van der Waals surface area contributed by atoms with Crippen LogP contribution >= 0.6 is 0 Å². The number of hydrogen-bond acceptors (Lipinski definition) is 3. The van der Waals surface area contributed by atoms with E-state index < -0.39 is 0 Å². The smallest absolute Gasteiger partial charge is 0.280 e. The number of benzene rings is 2. The van der Waals surface area contributed by atoms with Crippen LogP contribution in [-0.4, -0.2) is 28.6 Å². The Labute approximate surface area is 168 Å². The van der Waals surface area contributed by atoms with Gasteiger partial charge in [-0.15, -0.1) is 0 Å². The molecule has 1 fully saturated rings. The van der Waals surface area contributed by atoms with Gasteiger partial charge in [0.1, 0.15) is 11.6 Å². The molecule has 2 aromatic carbocycles. The predicted octanol–water partition coefficient (Wildman–Crippen LogP) is 4.73. The van der Waals surface area contributed by atoms with Gasteiger partial charge in [0, 0.05) is 11.3 Å². The third-order valence-electron chi connectivity index (χ3n) is 5.42. The monoisotopic (exact) mass is 393 g/mol. The highest BCUT2D eigenvalue weighted by Crippen LogP contribution is 2.26. The maximum atomic E-state index is 13.4. The van der Waals surface area contributed by atoms with E-state index in [0.717, 1.165) is 29.9 Å². The topological polar surface area (TPSA) is 59.4 Å². The number of hydrogen-bond donors (Lipinski definition) is 1. The molecule has 0 bridgehead atoms. The molecule has 0 amide bonds. The second-order valence-corrected chi connectivity index (χ2v) is 7.36. The highest BCUT2D eigenvalue weighted by Gasteiger charge is 2.21. The lowest BCUT2D eigenvalue weighted by Gasteiger charge is -2.07. The van der Waals surface area contributed by atoms with Crippen molar-refractivity contribution >= 4 is 5.71 Å². The molecule has 1 N–H and O–H groups in total. The van der Waals surface area contributed by atoms with Crippen LogP contribution < -0.4 is 10.3 Å². The second kappa shape index (κ2) is 8.07. The molecule has 0 atom stereocenters. The fourth-order valence-corrected chi connectivity index (χ4v) is 3.88. The Morgan fingerprint density at radius 1 is 1.10 bits per heavy atom. The molecule has 150 valence electrons. The molecule has 1 aliphatic rings. The fourth-order valence-electron chi connectivity index (χ4n) is 3.88. The summed E-state index contributed by atoms with van der Waals surface area (Å²) in [5, 5.41) is 3.21. The van der Waals surface area contributed by atoms with Crippen molar-refractivity contribution in [3.05, 3.63) is 70.3 Å². The van der Waals surface area contributed by atoms with Crippen LogP contribution in [0.5, 0.6) is 5.75 Å². The average molecular weight is 393 g/mol. The number of aromatic amines is 1. The summed E-state index contributed by atoms with van der Waals surface area (Å²) in [7, 11) is 1.62. The Hall–Kier alpha value is -3.15. The van der Waals surface area contributed by atoms with E-state index >= 15 is 0 Å². The minimum Gasteiger partial charge on any atom is -0.497 e. The second-order valence-electron chi connectivity index (χ2n) is 7.36. The number of halogens is 1. The standard InChI is InChI=1S/C23H24FN3O2/c1-15(25-18-5-3-4-6-18)21-22(16-7-13-20(29-2)14-8-16)26-27(23(21)28)19-11-9-17(24)10-12-19/h7-14,18,26H,3-6H2,1-2H3. The maximum Gasteiger partial charge on any atom is 0.280 e. The number of H-pyrrole nitrogens is 1. The van der Waals surface area contributed by atoms with Crippen molar-refractivity contribution in [3.63, 3.8) is 0 Å². The highest BCUT2D eigenvalue weighted by molar-refractivity contribution is 6.03. The van der Waals surface area contributed by atoms with E-state index in [-0.39, 0.29) is 17.4 Å². The van der Waals surface area contributed by atoms with Gasteiger partial charge in [-0.05, 0) is 68.3 Å². The molecule has 1 aliphatic carbocycles. The van der Waals surface area contributed by atoms with E-state index in [1.807, 2.05) is 31.2 Å². The van der Waals surface area contributed by atoms with Gasteiger partial charge in [-0.2, -0.15) is 0 Å². The third-order valence-corrected chi connectivity index (χ3v) is 5.42. The summed E-state index contributed by atoms with van der Waals surface area (Å²) in [6.07, 6.45) is 4.48. The van der Waals surface area contributed by atoms with Crippen LogP contribution in [0.4, 0.5) is 4.39 Å². The zero-order chi connectivity index (χ0) is 20.4. The lowest BCUT2D eigenvalue weighted by atomic mass is 10.0. The molecule has 0 unspecified atom stereocenters. The summed E-state index contributed by atoms with van der Waals surface area (Å²) in [5.74, 6) is 0.398. The van der Waals surface area contributed by atoms with Gasteiger partial charge in [-0.3, -0.25) is 14.9 Å². The summed E-state index contributed by atoms with van der Waals surface area (Å²) in [6.45, 7) is 1.89. The molecule has 3 aromatic rings. The number of methoxy groups -OCH3 is 1. The van der Waals surface area contributed by atoms with E-state index in [1.165, 1.54) is 29.7 Å². The predicted molar refractivity (Wildman–Crippen MR) is 113 cm³/mol. The molecule has 5 nitrogen and oxygen atoms in total. The van der Waals surface area contributed by atoms with E-state index in [2.05, 4.69) is 5.10 Å². The Bertz CT molecular complexity index is 1070. The third kappa shape index (κ3) is 3.88. The SMILES string of the molecule is COc1ccc(-c2[nH]n(-c3ccc(F)cc3)c(=O)c2C(C)=NC2CCCC2)cc1. The first-order chi connectivity index (χ1) is 14.1.